The molecule has 17 heavy (non-hydrogen) atoms. The van der Waals surface area contributed by atoms with Gasteiger partial charge in [0.05, 0.1) is 4.88 Å². The number of carbonyl (C=O) groups is 1. The van der Waals surface area contributed by atoms with Crippen LogP contribution < -0.4 is 0 Å². The standard InChI is InChI=1S/C10H8N2O3S2/c13-10(14)9-12-11-8(15-9)7-3-5-4-16-2-1-6(5)17-7/h3H,1-2,4H2,(H,13,14). The molecule has 0 aliphatic carbocycles. The monoisotopic (exact) mass is 268 g/mol. The summed E-state index contributed by atoms with van der Waals surface area (Å²) in [6.45, 7) is 0. The highest BCUT2D eigenvalue weighted by Crippen LogP contribution is 2.36. The quantitative estimate of drug-likeness (QED) is 0.900. The summed E-state index contributed by atoms with van der Waals surface area (Å²) in [4.78, 5) is 12.8. The lowest BCUT2D eigenvalue weighted by molar-refractivity contribution is 0.0654. The summed E-state index contributed by atoms with van der Waals surface area (Å²) in [6, 6.07) is 2.02. The Kier molecular flexibility index (Phi) is 2.64. The van der Waals surface area contributed by atoms with Gasteiger partial charge in [0.15, 0.2) is 0 Å². The van der Waals surface area contributed by atoms with Gasteiger partial charge in [0, 0.05) is 10.6 Å². The molecule has 0 bridgehead atoms. The van der Waals surface area contributed by atoms with Crippen LogP contribution in [-0.4, -0.2) is 27.0 Å². The summed E-state index contributed by atoms with van der Waals surface area (Å²) in [7, 11) is 0. The van der Waals surface area contributed by atoms with E-state index in [-0.39, 0.29) is 5.89 Å². The largest absolute Gasteiger partial charge is 0.474 e. The van der Waals surface area contributed by atoms with Crippen LogP contribution in [0.5, 0.6) is 0 Å². The number of carboxylic acids is 1. The Morgan fingerprint density at radius 3 is 3.06 bits per heavy atom. The number of nitrogens with zero attached hydrogens (tertiary/aromatic N) is 2. The maximum Gasteiger partial charge on any atom is 0.393 e. The summed E-state index contributed by atoms with van der Waals surface area (Å²) in [5.74, 6) is 0.885. The second-order valence-corrected chi connectivity index (χ2v) is 5.82. The zero-order chi connectivity index (χ0) is 11.8. The number of aromatic carboxylic acids is 1. The van der Waals surface area contributed by atoms with Crippen LogP contribution in [0.25, 0.3) is 10.8 Å². The molecule has 1 N–H and O–H groups in total. The zero-order valence-corrected chi connectivity index (χ0v) is 10.3. The van der Waals surface area contributed by atoms with E-state index in [1.54, 1.807) is 11.3 Å². The molecule has 7 heteroatoms. The molecule has 0 amide bonds. The Morgan fingerprint density at radius 1 is 1.47 bits per heavy atom. The Labute approximate surface area is 105 Å². The van der Waals surface area contributed by atoms with E-state index in [0.717, 1.165) is 22.8 Å². The van der Waals surface area contributed by atoms with E-state index in [1.807, 2.05) is 17.8 Å². The number of hydrogen-bond acceptors (Lipinski definition) is 6. The molecule has 1 aliphatic heterocycles. The van der Waals surface area contributed by atoms with Crippen molar-refractivity contribution in [2.45, 2.75) is 12.2 Å². The molecule has 0 atom stereocenters. The van der Waals surface area contributed by atoms with Crippen LogP contribution in [-0.2, 0) is 12.2 Å². The van der Waals surface area contributed by atoms with Crippen molar-refractivity contribution < 1.29 is 14.3 Å². The van der Waals surface area contributed by atoms with Gasteiger partial charge < -0.3 is 9.52 Å². The number of hydrogen-bond donors (Lipinski definition) is 1. The third-order valence-electron chi connectivity index (χ3n) is 2.45. The summed E-state index contributed by atoms with van der Waals surface area (Å²) >= 11 is 3.51. The van der Waals surface area contributed by atoms with Crippen LogP contribution in [0.15, 0.2) is 10.5 Å². The normalized spacial score (nSPS) is 14.6. The van der Waals surface area contributed by atoms with E-state index in [9.17, 15) is 4.79 Å². The molecule has 1 aliphatic rings. The number of thiophene rings is 1. The Hall–Kier alpha value is -1.34. The maximum absolute atomic E-state index is 10.6. The van der Waals surface area contributed by atoms with Gasteiger partial charge in [-0.1, -0.05) is 0 Å². The average Bonchev–Trinajstić information content (AvgIpc) is 2.95. The van der Waals surface area contributed by atoms with Gasteiger partial charge in [0.25, 0.3) is 5.89 Å². The number of fused-ring (bicyclic) bond motifs is 1. The topological polar surface area (TPSA) is 76.2 Å². The second kappa shape index (κ2) is 4.15. The third kappa shape index (κ3) is 1.96. The number of rotatable bonds is 2. The van der Waals surface area contributed by atoms with Crippen molar-refractivity contribution in [1.29, 1.82) is 0 Å². The minimum absolute atomic E-state index is 0.298. The molecule has 0 spiro atoms. The molecule has 2 aromatic heterocycles. The lowest BCUT2D eigenvalue weighted by Gasteiger charge is -2.08. The zero-order valence-electron chi connectivity index (χ0n) is 8.67. The number of aryl methyl sites for hydroxylation is 1. The lowest BCUT2D eigenvalue weighted by atomic mass is 10.2. The van der Waals surface area contributed by atoms with Crippen LogP contribution in [0.2, 0.25) is 0 Å². The first-order valence-corrected chi connectivity index (χ1v) is 6.97. The predicted molar refractivity (Wildman–Crippen MR) is 64.4 cm³/mol. The average molecular weight is 268 g/mol. The smallest absolute Gasteiger partial charge is 0.393 e. The van der Waals surface area contributed by atoms with Gasteiger partial charge in [-0.25, -0.2) is 4.79 Å². The molecule has 0 unspecified atom stereocenters. The first-order valence-electron chi connectivity index (χ1n) is 5.00. The summed E-state index contributed by atoms with van der Waals surface area (Å²) < 4.78 is 5.09. The predicted octanol–water partition coefficient (Wildman–Crippen LogP) is 2.29. The van der Waals surface area contributed by atoms with Crippen molar-refractivity contribution in [3.63, 3.8) is 0 Å². The van der Waals surface area contributed by atoms with Crippen LogP contribution in [0.4, 0.5) is 0 Å². The lowest BCUT2D eigenvalue weighted by Crippen LogP contribution is -1.96. The number of thioether (sulfide) groups is 1. The third-order valence-corrected chi connectivity index (χ3v) is 4.68. The molecule has 0 saturated heterocycles. The maximum atomic E-state index is 10.6. The summed E-state index contributed by atoms with van der Waals surface area (Å²) in [5.41, 5.74) is 1.30. The summed E-state index contributed by atoms with van der Waals surface area (Å²) in [5, 5.41) is 16.0. The molecule has 0 fully saturated rings. The van der Waals surface area contributed by atoms with Crippen LogP contribution >= 0.6 is 23.1 Å². The minimum atomic E-state index is -1.19. The fourth-order valence-corrected chi connectivity index (χ4v) is 3.96. The second-order valence-electron chi connectivity index (χ2n) is 3.58. The SMILES string of the molecule is O=C(O)c1nnc(-c2cc3c(s2)CCSC3)o1. The van der Waals surface area contributed by atoms with Gasteiger partial charge in [0.2, 0.25) is 0 Å². The van der Waals surface area contributed by atoms with Gasteiger partial charge >= 0.3 is 11.9 Å². The molecule has 0 saturated carbocycles. The van der Waals surface area contributed by atoms with E-state index in [4.69, 9.17) is 9.52 Å². The van der Waals surface area contributed by atoms with Crippen molar-refractivity contribution in [1.82, 2.24) is 10.2 Å². The highest BCUT2D eigenvalue weighted by atomic mass is 32.2. The van der Waals surface area contributed by atoms with E-state index in [2.05, 4.69) is 10.2 Å². The Bertz CT molecular complexity index is 552. The first kappa shape index (κ1) is 10.8. The molecular formula is C10H8N2O3S2. The molecule has 3 rings (SSSR count). The highest BCUT2D eigenvalue weighted by molar-refractivity contribution is 7.98. The first-order chi connectivity index (χ1) is 8.24. The fraction of sp³-hybridized carbons (Fsp3) is 0.300. The van der Waals surface area contributed by atoms with Gasteiger partial charge in [0.1, 0.15) is 0 Å². The molecule has 3 heterocycles. The van der Waals surface area contributed by atoms with Crippen molar-refractivity contribution in [2.75, 3.05) is 5.75 Å². The van der Waals surface area contributed by atoms with E-state index in [0.29, 0.717) is 5.89 Å². The van der Waals surface area contributed by atoms with Crippen LogP contribution in [0.1, 0.15) is 21.1 Å². The summed E-state index contributed by atoms with van der Waals surface area (Å²) in [6.07, 6.45) is 1.06. The molecule has 0 aromatic carbocycles. The number of aromatic nitrogens is 2. The molecular weight excluding hydrogens is 260 g/mol. The van der Waals surface area contributed by atoms with E-state index < -0.39 is 5.97 Å². The van der Waals surface area contributed by atoms with Crippen LogP contribution in [0, 0.1) is 0 Å². The van der Waals surface area contributed by atoms with Gasteiger partial charge in [-0.3, -0.25) is 0 Å². The van der Waals surface area contributed by atoms with Crippen molar-refractivity contribution in [3.05, 3.63) is 22.4 Å². The minimum Gasteiger partial charge on any atom is -0.474 e. The van der Waals surface area contributed by atoms with E-state index in [1.165, 1.54) is 10.4 Å². The van der Waals surface area contributed by atoms with Crippen molar-refractivity contribution in [3.8, 4) is 10.8 Å². The van der Waals surface area contributed by atoms with Crippen molar-refractivity contribution in [2.24, 2.45) is 0 Å². The Balaban J connectivity index is 1.97. The van der Waals surface area contributed by atoms with Gasteiger partial charge in [-0.15, -0.1) is 21.5 Å². The van der Waals surface area contributed by atoms with Gasteiger partial charge in [-0.2, -0.15) is 11.8 Å². The molecule has 0 radical (unpaired) electrons. The molecule has 2 aromatic rings. The van der Waals surface area contributed by atoms with E-state index >= 15 is 0 Å². The van der Waals surface area contributed by atoms with Gasteiger partial charge in [-0.05, 0) is 23.8 Å². The Morgan fingerprint density at radius 2 is 2.35 bits per heavy atom. The highest BCUT2D eigenvalue weighted by Gasteiger charge is 2.19. The molecule has 88 valence electrons. The number of carboxylic acid groups (broad SMARTS) is 1. The van der Waals surface area contributed by atoms with Crippen molar-refractivity contribution >= 4 is 29.1 Å². The van der Waals surface area contributed by atoms with Crippen LogP contribution in [0.3, 0.4) is 0 Å². The fourth-order valence-electron chi connectivity index (χ4n) is 1.66. The molecule has 5 nitrogen and oxygen atoms in total.